The Labute approximate surface area is 116 Å². The van der Waals surface area contributed by atoms with Crippen LogP contribution in [0.25, 0.3) is 0 Å². The van der Waals surface area contributed by atoms with Gasteiger partial charge in [0.05, 0.1) is 18.8 Å². The number of ether oxygens (including phenoxy) is 1. The van der Waals surface area contributed by atoms with Crippen LogP contribution in [0.5, 0.6) is 0 Å². The molecule has 20 heavy (non-hydrogen) atoms. The van der Waals surface area contributed by atoms with E-state index in [2.05, 4.69) is 5.32 Å². The van der Waals surface area contributed by atoms with E-state index in [1.54, 1.807) is 12.1 Å². The summed E-state index contributed by atoms with van der Waals surface area (Å²) in [5, 5.41) is 2.59. The van der Waals surface area contributed by atoms with Crippen molar-refractivity contribution in [2.75, 3.05) is 18.0 Å². The number of halogens is 1. The molecule has 0 saturated carbocycles. The van der Waals surface area contributed by atoms with Gasteiger partial charge in [0.15, 0.2) is 0 Å². The third-order valence-corrected chi connectivity index (χ3v) is 3.18. The van der Waals surface area contributed by atoms with Gasteiger partial charge < -0.3 is 10.1 Å². The molecule has 1 aliphatic heterocycles. The van der Waals surface area contributed by atoms with Crippen LogP contribution in [-0.4, -0.2) is 31.2 Å². The normalized spacial score (nSPS) is 18.1. The number of hydrogen-bond acceptors (Lipinski definition) is 3. The highest BCUT2D eigenvalue weighted by molar-refractivity contribution is 5.89. The van der Waals surface area contributed by atoms with Crippen molar-refractivity contribution in [3.63, 3.8) is 0 Å². The zero-order valence-electron chi connectivity index (χ0n) is 11.5. The Hall–Kier alpha value is -2.11. The molecule has 1 aromatic carbocycles. The van der Waals surface area contributed by atoms with Gasteiger partial charge in [-0.15, -0.1) is 0 Å². The third kappa shape index (κ3) is 3.07. The highest BCUT2D eigenvalue weighted by Gasteiger charge is 2.32. The third-order valence-electron chi connectivity index (χ3n) is 3.18. The quantitative estimate of drug-likeness (QED) is 0.915. The number of benzene rings is 1. The average Bonchev–Trinajstić information content (AvgIpc) is 2.77. The molecule has 1 N–H and O–H groups in total. The number of anilines is 1. The lowest BCUT2D eigenvalue weighted by atomic mass is 10.1. The zero-order valence-corrected chi connectivity index (χ0v) is 11.5. The van der Waals surface area contributed by atoms with Crippen molar-refractivity contribution in [2.24, 2.45) is 0 Å². The number of carbonyl (C=O) groups excluding carboxylic acids is 2. The number of carbonyl (C=O) groups is 2. The minimum atomic E-state index is -0.524. The molecule has 1 aromatic rings. The number of nitrogens with zero attached hydrogens (tertiary/aromatic N) is 1. The molecule has 1 fully saturated rings. The van der Waals surface area contributed by atoms with Crippen LogP contribution in [0.4, 0.5) is 14.9 Å². The summed E-state index contributed by atoms with van der Waals surface area (Å²) in [5.74, 6) is -0.513. The van der Waals surface area contributed by atoms with Crippen molar-refractivity contribution in [1.82, 2.24) is 5.32 Å². The topological polar surface area (TPSA) is 58.6 Å². The first-order valence-electron chi connectivity index (χ1n) is 6.52. The summed E-state index contributed by atoms with van der Waals surface area (Å²) in [6.45, 7) is 3.82. The first kappa shape index (κ1) is 14.3. The molecule has 5 nitrogen and oxygen atoms in total. The molecular formula is C14H17FN2O3. The Bertz CT molecular complexity index is 533. The van der Waals surface area contributed by atoms with Crippen molar-refractivity contribution in [2.45, 2.75) is 26.4 Å². The molecule has 1 heterocycles. The second-order valence-corrected chi connectivity index (χ2v) is 4.68. The summed E-state index contributed by atoms with van der Waals surface area (Å²) < 4.78 is 18.9. The number of cyclic esters (lactones) is 1. The molecule has 6 heteroatoms. The molecule has 0 aliphatic carbocycles. The van der Waals surface area contributed by atoms with Crippen molar-refractivity contribution in [3.8, 4) is 0 Å². The minimum Gasteiger partial charge on any atom is -0.442 e. The maximum atomic E-state index is 13.7. The predicted octanol–water partition coefficient (Wildman–Crippen LogP) is 1.85. The van der Waals surface area contributed by atoms with Gasteiger partial charge in [-0.2, -0.15) is 0 Å². The standard InChI is InChI=1S/C14H17FN2O3/c1-3-10-4-5-11(6-13(10)15)17-8-12(20-14(17)19)7-16-9(2)18/h4-6,12H,3,7-8H2,1-2H3,(H,16,18). The number of rotatable bonds is 4. The van der Waals surface area contributed by atoms with Crippen molar-refractivity contribution < 1.29 is 18.7 Å². The number of amides is 2. The SMILES string of the molecule is CCc1ccc(N2CC(CNC(C)=O)OC2=O)cc1F. The van der Waals surface area contributed by atoms with Gasteiger partial charge in [-0.25, -0.2) is 9.18 Å². The lowest BCUT2D eigenvalue weighted by Gasteiger charge is -2.14. The maximum absolute atomic E-state index is 13.7. The number of nitrogens with one attached hydrogen (secondary N) is 1. The predicted molar refractivity (Wildman–Crippen MR) is 72.1 cm³/mol. The van der Waals surface area contributed by atoms with E-state index in [1.165, 1.54) is 17.9 Å². The Balaban J connectivity index is 2.07. The largest absolute Gasteiger partial charge is 0.442 e. The monoisotopic (exact) mass is 280 g/mol. The molecule has 2 amide bonds. The highest BCUT2D eigenvalue weighted by atomic mass is 19.1. The molecule has 1 aliphatic rings. The summed E-state index contributed by atoms with van der Waals surface area (Å²) in [5.41, 5.74) is 1.08. The van der Waals surface area contributed by atoms with Crippen molar-refractivity contribution in [3.05, 3.63) is 29.6 Å². The molecular weight excluding hydrogens is 263 g/mol. The Morgan fingerprint density at radius 1 is 1.55 bits per heavy atom. The van der Waals surface area contributed by atoms with Crippen LogP contribution in [0.15, 0.2) is 18.2 Å². The zero-order chi connectivity index (χ0) is 14.7. The van der Waals surface area contributed by atoms with E-state index < -0.39 is 12.2 Å². The molecule has 1 saturated heterocycles. The second-order valence-electron chi connectivity index (χ2n) is 4.68. The van der Waals surface area contributed by atoms with Gasteiger partial charge in [0, 0.05) is 6.92 Å². The van der Waals surface area contributed by atoms with Gasteiger partial charge in [0.1, 0.15) is 11.9 Å². The average molecular weight is 280 g/mol. The summed E-state index contributed by atoms with van der Waals surface area (Å²) >= 11 is 0. The van der Waals surface area contributed by atoms with Crippen LogP contribution in [-0.2, 0) is 16.0 Å². The molecule has 1 atom stereocenters. The Kier molecular flexibility index (Phi) is 4.22. The smallest absolute Gasteiger partial charge is 0.414 e. The number of hydrogen-bond donors (Lipinski definition) is 1. The van der Waals surface area contributed by atoms with Crippen LogP contribution in [0.1, 0.15) is 19.4 Å². The van der Waals surface area contributed by atoms with E-state index in [1.807, 2.05) is 6.92 Å². The fourth-order valence-corrected chi connectivity index (χ4v) is 2.09. The molecule has 0 radical (unpaired) electrons. The minimum absolute atomic E-state index is 0.183. The summed E-state index contributed by atoms with van der Waals surface area (Å²) in [6, 6.07) is 4.70. The Morgan fingerprint density at radius 3 is 2.90 bits per heavy atom. The summed E-state index contributed by atoms with van der Waals surface area (Å²) in [7, 11) is 0. The van der Waals surface area contributed by atoms with Crippen LogP contribution in [0.2, 0.25) is 0 Å². The second kappa shape index (κ2) is 5.90. The van der Waals surface area contributed by atoms with E-state index in [0.717, 1.165) is 0 Å². The molecule has 1 unspecified atom stereocenters. The first-order valence-corrected chi connectivity index (χ1v) is 6.52. The van der Waals surface area contributed by atoms with Gasteiger partial charge in [-0.1, -0.05) is 13.0 Å². The molecule has 0 spiro atoms. The van der Waals surface area contributed by atoms with E-state index >= 15 is 0 Å². The van der Waals surface area contributed by atoms with Gasteiger partial charge in [-0.3, -0.25) is 9.69 Å². The van der Waals surface area contributed by atoms with Crippen LogP contribution < -0.4 is 10.2 Å². The molecule has 0 aromatic heterocycles. The van der Waals surface area contributed by atoms with Gasteiger partial charge in [0.25, 0.3) is 0 Å². The molecule has 2 rings (SSSR count). The van der Waals surface area contributed by atoms with Crippen molar-refractivity contribution in [1.29, 1.82) is 0 Å². The lowest BCUT2D eigenvalue weighted by Crippen LogP contribution is -2.33. The van der Waals surface area contributed by atoms with E-state index in [4.69, 9.17) is 4.74 Å². The summed E-state index contributed by atoms with van der Waals surface area (Å²) in [6.07, 6.45) is -0.342. The van der Waals surface area contributed by atoms with E-state index in [9.17, 15) is 14.0 Å². The van der Waals surface area contributed by atoms with E-state index in [-0.39, 0.29) is 18.3 Å². The highest BCUT2D eigenvalue weighted by Crippen LogP contribution is 2.24. The van der Waals surface area contributed by atoms with Crippen molar-refractivity contribution >= 4 is 17.7 Å². The van der Waals surface area contributed by atoms with E-state index in [0.29, 0.717) is 24.2 Å². The van der Waals surface area contributed by atoms with Crippen LogP contribution in [0.3, 0.4) is 0 Å². The van der Waals surface area contributed by atoms with Gasteiger partial charge in [-0.05, 0) is 24.1 Å². The van der Waals surface area contributed by atoms with Crippen LogP contribution >= 0.6 is 0 Å². The molecule has 0 bridgehead atoms. The fraction of sp³-hybridized carbons (Fsp3) is 0.429. The van der Waals surface area contributed by atoms with Gasteiger partial charge >= 0.3 is 6.09 Å². The fourth-order valence-electron chi connectivity index (χ4n) is 2.09. The molecule has 108 valence electrons. The van der Waals surface area contributed by atoms with Gasteiger partial charge in [0.2, 0.25) is 5.91 Å². The lowest BCUT2D eigenvalue weighted by molar-refractivity contribution is -0.119. The van der Waals surface area contributed by atoms with Crippen LogP contribution in [0, 0.1) is 5.82 Å². The summed E-state index contributed by atoms with van der Waals surface area (Å²) in [4.78, 5) is 24.0. The maximum Gasteiger partial charge on any atom is 0.414 e. The number of aryl methyl sites for hydroxylation is 1. The Morgan fingerprint density at radius 2 is 2.30 bits per heavy atom. The first-order chi connectivity index (χ1) is 9.51.